The highest BCUT2D eigenvalue weighted by Gasteiger charge is 2.45. The van der Waals surface area contributed by atoms with Crippen molar-refractivity contribution in [1.82, 2.24) is 9.55 Å². The zero-order chi connectivity index (χ0) is 16.7. The largest absolute Gasteiger partial charge is 0.469 e. The summed E-state index contributed by atoms with van der Waals surface area (Å²) in [6, 6.07) is 0. The summed E-state index contributed by atoms with van der Waals surface area (Å²) in [7, 11) is -4.76. The molecule has 6 N–H and O–H groups in total. The Labute approximate surface area is 131 Å². The van der Waals surface area contributed by atoms with Gasteiger partial charge in [0.1, 0.15) is 24.1 Å². The van der Waals surface area contributed by atoms with Gasteiger partial charge in [-0.15, -0.1) is 0 Å². The highest BCUT2D eigenvalue weighted by atomic mass is 79.9. The molecular weight excluding hydrogens is 389 g/mol. The summed E-state index contributed by atoms with van der Waals surface area (Å²) in [4.78, 5) is 32.5. The Morgan fingerprint density at radius 1 is 1.45 bits per heavy atom. The molecule has 0 amide bonds. The van der Waals surface area contributed by atoms with Gasteiger partial charge in [-0.05, 0) is 15.9 Å². The van der Waals surface area contributed by atoms with Crippen molar-refractivity contribution >= 4 is 29.6 Å². The van der Waals surface area contributed by atoms with Crippen molar-refractivity contribution in [3.63, 3.8) is 0 Å². The lowest BCUT2D eigenvalue weighted by atomic mass is 10.1. The second kappa shape index (κ2) is 6.34. The summed E-state index contributed by atoms with van der Waals surface area (Å²) < 4.78 is 21.3. The van der Waals surface area contributed by atoms with Gasteiger partial charge in [-0.1, -0.05) is 0 Å². The highest BCUT2D eigenvalue weighted by molar-refractivity contribution is 9.10. The van der Waals surface area contributed by atoms with Gasteiger partial charge in [0.2, 0.25) is 0 Å². The van der Waals surface area contributed by atoms with Crippen molar-refractivity contribution in [2.75, 3.05) is 12.3 Å². The van der Waals surface area contributed by atoms with E-state index in [-0.39, 0.29) is 10.3 Å². The van der Waals surface area contributed by atoms with Crippen LogP contribution in [0, 0.1) is 0 Å². The monoisotopic (exact) mass is 401 g/mol. The third kappa shape index (κ3) is 3.73. The van der Waals surface area contributed by atoms with Crippen LogP contribution in [0.1, 0.15) is 6.23 Å². The molecule has 1 aromatic heterocycles. The second-order valence-electron chi connectivity index (χ2n) is 4.50. The smallest absolute Gasteiger partial charge is 0.387 e. The summed E-state index contributed by atoms with van der Waals surface area (Å²) in [6.07, 6.45) is -4.37. The first-order chi connectivity index (χ1) is 10.1. The molecule has 0 bridgehead atoms. The van der Waals surface area contributed by atoms with E-state index >= 15 is 0 Å². The Morgan fingerprint density at radius 3 is 2.68 bits per heavy atom. The maximum Gasteiger partial charge on any atom is 0.469 e. The maximum absolute atomic E-state index is 11.8. The number of phosphoric acid groups is 1. The summed E-state index contributed by atoms with van der Waals surface area (Å²) >= 11 is 3.06. The van der Waals surface area contributed by atoms with Crippen molar-refractivity contribution in [2.45, 2.75) is 24.5 Å². The van der Waals surface area contributed by atoms with E-state index in [2.05, 4.69) is 25.4 Å². The standard InChI is InChI=1S/C9H13BrN3O8P/c10-3-1-13(9(16)12-7(3)11)8-6(15)5(14)4(21-8)2-20-22(17,18)19/h1,4-6,8,14-15H,2H2,(H2,11,12,16)(H2,17,18,19)/t4-,5-,6+,8-/m1/s1. The Morgan fingerprint density at radius 2 is 2.09 bits per heavy atom. The van der Waals surface area contributed by atoms with Crippen molar-refractivity contribution in [1.29, 1.82) is 0 Å². The van der Waals surface area contributed by atoms with E-state index in [1.54, 1.807) is 0 Å². The number of nitrogens with two attached hydrogens (primary N) is 1. The molecule has 1 aromatic rings. The molecule has 11 nitrogen and oxygen atoms in total. The number of phosphoric ester groups is 1. The molecule has 1 aliphatic rings. The normalized spacial score (nSPS) is 29.0. The number of anilines is 1. The van der Waals surface area contributed by atoms with Crippen LogP contribution in [0.15, 0.2) is 15.5 Å². The topological polar surface area (TPSA) is 177 Å². The van der Waals surface area contributed by atoms with E-state index in [4.69, 9.17) is 20.3 Å². The molecule has 22 heavy (non-hydrogen) atoms. The minimum absolute atomic E-state index is 0.0596. The van der Waals surface area contributed by atoms with Gasteiger partial charge in [-0.3, -0.25) is 9.09 Å². The van der Waals surface area contributed by atoms with Crippen LogP contribution in [0.2, 0.25) is 0 Å². The van der Waals surface area contributed by atoms with E-state index in [9.17, 15) is 19.6 Å². The average molecular weight is 402 g/mol. The molecule has 0 radical (unpaired) electrons. The zero-order valence-corrected chi connectivity index (χ0v) is 13.3. The second-order valence-corrected chi connectivity index (χ2v) is 6.59. The number of hydrogen-bond donors (Lipinski definition) is 5. The molecule has 1 fully saturated rings. The van der Waals surface area contributed by atoms with Gasteiger partial charge in [0.15, 0.2) is 6.23 Å². The van der Waals surface area contributed by atoms with Gasteiger partial charge in [-0.2, -0.15) is 4.98 Å². The van der Waals surface area contributed by atoms with Crippen molar-refractivity contribution in [3.8, 4) is 0 Å². The van der Waals surface area contributed by atoms with Crippen LogP contribution < -0.4 is 11.4 Å². The molecule has 0 aliphatic carbocycles. The molecule has 2 rings (SSSR count). The van der Waals surface area contributed by atoms with Gasteiger partial charge in [0, 0.05) is 6.20 Å². The molecule has 2 heterocycles. The molecule has 0 aromatic carbocycles. The fraction of sp³-hybridized carbons (Fsp3) is 0.556. The van der Waals surface area contributed by atoms with Crippen molar-refractivity contribution in [2.24, 2.45) is 0 Å². The van der Waals surface area contributed by atoms with Gasteiger partial charge in [-0.25, -0.2) is 9.36 Å². The fourth-order valence-corrected chi connectivity index (χ4v) is 2.56. The van der Waals surface area contributed by atoms with Crippen molar-refractivity contribution < 1.29 is 33.8 Å². The summed E-state index contributed by atoms with van der Waals surface area (Å²) in [6.45, 7) is -0.669. The predicted molar refractivity (Wildman–Crippen MR) is 74.5 cm³/mol. The maximum atomic E-state index is 11.8. The third-order valence-corrected chi connectivity index (χ3v) is 4.05. The molecule has 124 valence electrons. The fourth-order valence-electron chi connectivity index (χ4n) is 1.91. The van der Waals surface area contributed by atoms with E-state index in [1.807, 2.05) is 0 Å². The summed E-state index contributed by atoms with van der Waals surface area (Å²) in [5.74, 6) is -0.0596. The van der Waals surface area contributed by atoms with Crippen LogP contribution in [0.25, 0.3) is 0 Å². The third-order valence-electron chi connectivity index (χ3n) is 2.95. The number of halogens is 1. The average Bonchev–Trinajstić information content (AvgIpc) is 2.68. The first kappa shape index (κ1) is 17.5. The lowest BCUT2D eigenvalue weighted by Gasteiger charge is -2.17. The Bertz CT molecular complexity index is 663. The van der Waals surface area contributed by atoms with Crippen LogP contribution in [0.5, 0.6) is 0 Å². The lowest BCUT2D eigenvalue weighted by molar-refractivity contribution is -0.0543. The molecule has 4 atom stereocenters. The number of ether oxygens (including phenoxy) is 1. The molecule has 0 unspecified atom stereocenters. The zero-order valence-electron chi connectivity index (χ0n) is 10.8. The lowest BCUT2D eigenvalue weighted by Crippen LogP contribution is -2.36. The van der Waals surface area contributed by atoms with Crippen molar-refractivity contribution in [3.05, 3.63) is 21.2 Å². The predicted octanol–water partition coefficient (Wildman–Crippen LogP) is -1.68. The number of aliphatic hydroxyl groups is 2. The summed E-state index contributed by atoms with van der Waals surface area (Å²) in [5, 5.41) is 19.8. The van der Waals surface area contributed by atoms with Gasteiger partial charge >= 0.3 is 13.5 Å². The molecule has 13 heteroatoms. The number of hydrogen-bond acceptors (Lipinski definition) is 8. The number of nitrogens with zero attached hydrogens (tertiary/aromatic N) is 2. The quantitative estimate of drug-likeness (QED) is 0.365. The van der Waals surface area contributed by atoms with Crippen LogP contribution in [0.4, 0.5) is 5.82 Å². The van der Waals surface area contributed by atoms with Crippen LogP contribution >= 0.6 is 23.8 Å². The Kier molecular flexibility index (Phi) is 5.04. The minimum atomic E-state index is -4.76. The van der Waals surface area contributed by atoms with E-state index < -0.39 is 44.7 Å². The Hall–Kier alpha value is -0.850. The van der Waals surface area contributed by atoms with Crippen LogP contribution in [0.3, 0.4) is 0 Å². The van der Waals surface area contributed by atoms with Gasteiger partial charge in [0.05, 0.1) is 11.1 Å². The molecule has 1 aliphatic heterocycles. The molecule has 1 saturated heterocycles. The highest BCUT2D eigenvalue weighted by Crippen LogP contribution is 2.38. The number of aliphatic hydroxyl groups excluding tert-OH is 2. The summed E-state index contributed by atoms with van der Waals surface area (Å²) in [5.41, 5.74) is 4.62. The first-order valence-electron chi connectivity index (χ1n) is 5.86. The minimum Gasteiger partial charge on any atom is -0.387 e. The van der Waals surface area contributed by atoms with Crippen LogP contribution in [-0.2, 0) is 13.8 Å². The number of rotatable bonds is 4. The number of aromatic nitrogens is 2. The van der Waals surface area contributed by atoms with Gasteiger partial charge in [0.25, 0.3) is 0 Å². The number of nitrogen functional groups attached to an aromatic ring is 1. The van der Waals surface area contributed by atoms with E-state index in [0.717, 1.165) is 4.57 Å². The van der Waals surface area contributed by atoms with E-state index in [1.165, 1.54) is 6.20 Å². The Balaban J connectivity index is 2.22. The molecular formula is C9H13BrN3O8P. The molecule has 0 spiro atoms. The SMILES string of the molecule is Nc1nc(=O)n([C@@H]2O[C@H](COP(=O)(O)O)[C@@H](O)[C@@H]2O)cc1Br. The van der Waals surface area contributed by atoms with Crippen LogP contribution in [-0.4, -0.2) is 54.5 Å². The van der Waals surface area contributed by atoms with E-state index in [0.29, 0.717) is 0 Å². The van der Waals surface area contributed by atoms with Gasteiger partial charge < -0.3 is 30.5 Å². The molecule has 0 saturated carbocycles. The first-order valence-corrected chi connectivity index (χ1v) is 8.18.